The van der Waals surface area contributed by atoms with E-state index in [9.17, 15) is 24.6 Å². The van der Waals surface area contributed by atoms with Crippen molar-refractivity contribution in [2.45, 2.75) is 149 Å². The fraction of sp³-hybridized carbons (Fsp3) is 0.667. The van der Waals surface area contributed by atoms with Crippen molar-refractivity contribution >= 4 is 26.0 Å². The van der Waals surface area contributed by atoms with Crippen LogP contribution in [0.4, 0.5) is 0 Å². The zero-order valence-corrected chi connectivity index (χ0v) is 32.7. The molecule has 0 radical (unpaired) electrons. The molecule has 0 aliphatic rings. The summed E-state index contributed by atoms with van der Waals surface area (Å²) in [4.78, 5) is 35.8. The van der Waals surface area contributed by atoms with E-state index in [1.54, 1.807) is 12.2 Å². The van der Waals surface area contributed by atoms with Gasteiger partial charge in [-0.3, -0.25) is 4.79 Å². The van der Waals surface area contributed by atoms with Crippen molar-refractivity contribution in [3.8, 4) is 0 Å². The zero-order chi connectivity index (χ0) is 36.9. The Morgan fingerprint density at radius 3 is 2.00 bits per heavy atom. The topological polar surface area (TPSA) is 119 Å². The van der Waals surface area contributed by atoms with Crippen molar-refractivity contribution in [2.24, 2.45) is 5.92 Å². The number of hydrogen-bond acceptors (Lipinski definition) is 8. The monoisotopic (exact) mass is 690 g/mol. The first-order chi connectivity index (χ1) is 22.5. The first-order valence-corrected chi connectivity index (χ1v) is 19.8. The van der Waals surface area contributed by atoms with E-state index in [0.29, 0.717) is 61.6 Å². The van der Waals surface area contributed by atoms with Gasteiger partial charge in [-0.05, 0) is 56.2 Å². The predicted molar refractivity (Wildman–Crippen MR) is 198 cm³/mol. The fourth-order valence-corrected chi connectivity index (χ4v) is 11.8. The molecule has 0 aliphatic heterocycles. The predicted octanol–water partition coefficient (Wildman–Crippen LogP) is 8.50. The molecule has 0 rings (SSSR count). The van der Waals surface area contributed by atoms with Crippen LogP contribution >= 0.6 is 0 Å². The summed E-state index contributed by atoms with van der Waals surface area (Å²) in [6.07, 6.45) is 16.1. The first kappa shape index (κ1) is 45.4. The van der Waals surface area contributed by atoms with Gasteiger partial charge in [-0.2, -0.15) is 0 Å². The Balaban J connectivity index is 5.57. The van der Waals surface area contributed by atoms with Crippen LogP contribution in [0.25, 0.3) is 0 Å². The van der Waals surface area contributed by atoms with Gasteiger partial charge in [0.1, 0.15) is 11.9 Å². The molecule has 0 saturated carbocycles. The van der Waals surface area contributed by atoms with E-state index >= 15 is 0 Å². The van der Waals surface area contributed by atoms with Crippen molar-refractivity contribution in [3.63, 3.8) is 0 Å². The second kappa shape index (κ2) is 24.5. The van der Waals surface area contributed by atoms with Crippen molar-refractivity contribution in [1.82, 2.24) is 0 Å². The number of hydrogen-bond donors (Lipinski definition) is 2. The van der Waals surface area contributed by atoms with E-state index in [2.05, 4.69) is 46.3 Å². The van der Waals surface area contributed by atoms with Gasteiger partial charge in [-0.25, -0.2) is 9.59 Å². The van der Waals surface area contributed by atoms with Gasteiger partial charge in [0.2, 0.25) is 8.32 Å². The van der Waals surface area contributed by atoms with E-state index in [-0.39, 0.29) is 18.3 Å². The maximum Gasteiger partial charge on any atom is 0.330 e. The number of aliphatic hydroxyl groups excluding tert-OH is 2. The highest BCUT2D eigenvalue weighted by atomic mass is 28.4. The Morgan fingerprint density at radius 2 is 1.46 bits per heavy atom. The summed E-state index contributed by atoms with van der Waals surface area (Å²) in [5.74, 6) is -0.829. The van der Waals surface area contributed by atoms with Gasteiger partial charge in [0.15, 0.2) is 0 Å². The summed E-state index contributed by atoms with van der Waals surface area (Å²) < 4.78 is 17.2. The lowest BCUT2D eigenvalue weighted by Crippen LogP contribution is -2.53. The number of esters is 2. The van der Waals surface area contributed by atoms with Gasteiger partial charge in [0, 0.05) is 37.3 Å². The number of ketones is 1. The van der Waals surface area contributed by atoms with Crippen LogP contribution in [0.2, 0.25) is 16.6 Å². The maximum atomic E-state index is 12.7. The standard InChI is InChI=1S/C39H66O8Si/c1-12-34(41)20-16-14-18-22-39(44)46-36(33(10)25-32(9)23-24-38(43)45-11)26-31(8)19-15-13-17-21-35(42)37(27-40)47-48(28(2)3,29(4)5)30(6)7/h13,15,18-19,22-25,28-30,33,35-37,40,42H,12,14,16-17,20-21,26-27H2,1-11H3/b15-13+,22-18+,24-23+,31-19+,32-25+/t33-,35+,36-,37+/m0/s1. The largest absolute Gasteiger partial charge is 0.466 e. The molecule has 0 amide bonds. The summed E-state index contributed by atoms with van der Waals surface area (Å²) in [5.41, 5.74) is 2.91. The minimum absolute atomic E-state index is 0.150. The molecule has 0 aromatic heterocycles. The highest BCUT2D eigenvalue weighted by molar-refractivity contribution is 6.77. The lowest BCUT2D eigenvalue weighted by Gasteiger charge is -2.45. The minimum atomic E-state index is -2.25. The van der Waals surface area contributed by atoms with Crippen LogP contribution < -0.4 is 0 Å². The minimum Gasteiger partial charge on any atom is -0.466 e. The fourth-order valence-electron chi connectivity index (χ4n) is 6.22. The molecule has 9 heteroatoms. The number of methoxy groups -OCH3 is 1. The quantitative estimate of drug-likeness (QED) is 0.0340. The van der Waals surface area contributed by atoms with Crippen LogP contribution in [0.15, 0.2) is 59.8 Å². The number of carbonyl (C=O) groups excluding carboxylic acids is 3. The summed E-state index contributed by atoms with van der Waals surface area (Å²) in [5, 5.41) is 21.1. The van der Waals surface area contributed by atoms with Crippen molar-refractivity contribution in [2.75, 3.05) is 13.7 Å². The van der Waals surface area contributed by atoms with Crippen LogP contribution in [-0.2, 0) is 28.3 Å². The van der Waals surface area contributed by atoms with E-state index in [4.69, 9.17) is 9.16 Å². The molecule has 2 N–H and O–H groups in total. The number of carbonyl (C=O) groups is 3. The average molecular weight is 691 g/mol. The number of ether oxygens (including phenoxy) is 2. The second-order valence-corrected chi connectivity index (χ2v) is 19.1. The number of rotatable bonds is 24. The maximum absolute atomic E-state index is 12.7. The van der Waals surface area contributed by atoms with Crippen molar-refractivity contribution in [3.05, 3.63) is 59.8 Å². The molecule has 4 atom stereocenters. The van der Waals surface area contributed by atoms with Gasteiger partial charge < -0.3 is 24.1 Å². The third kappa shape index (κ3) is 17.2. The van der Waals surface area contributed by atoms with Crippen LogP contribution in [0, 0.1) is 5.92 Å². The van der Waals surface area contributed by atoms with Crippen LogP contribution in [0.5, 0.6) is 0 Å². The molecule has 8 nitrogen and oxygen atoms in total. The Bertz CT molecular complexity index is 1090. The molecular formula is C39H66O8Si. The Kier molecular flexibility index (Phi) is 23.2. The van der Waals surface area contributed by atoms with Gasteiger partial charge in [0.25, 0.3) is 0 Å². The molecule has 0 fully saturated rings. The van der Waals surface area contributed by atoms with E-state index in [1.807, 2.05) is 52.0 Å². The number of unbranched alkanes of at least 4 members (excludes halogenated alkanes) is 1. The molecule has 0 saturated heterocycles. The SMILES string of the molecule is CCC(=O)CCC/C=C/C(=O)O[C@@H](C/C(C)=C/C=C/CC[C@@H](O)[C@@H](CO)O[Si](C(C)C)(C(C)C)C(C)C)[C@@H](C)/C=C(C)/C=C/C(=O)OC. The van der Waals surface area contributed by atoms with Crippen molar-refractivity contribution in [1.29, 1.82) is 0 Å². The molecule has 274 valence electrons. The number of aliphatic hydroxyl groups is 2. The Hall–Kier alpha value is -2.59. The smallest absolute Gasteiger partial charge is 0.330 e. The lowest BCUT2D eigenvalue weighted by molar-refractivity contribution is -0.144. The summed E-state index contributed by atoms with van der Waals surface area (Å²) in [6, 6.07) is 0. The molecule has 0 aromatic carbocycles. The average Bonchev–Trinajstić information content (AvgIpc) is 3.02. The highest BCUT2D eigenvalue weighted by Gasteiger charge is 2.47. The van der Waals surface area contributed by atoms with Gasteiger partial charge >= 0.3 is 11.9 Å². The summed E-state index contributed by atoms with van der Waals surface area (Å²) in [6.45, 7) is 20.6. The third-order valence-corrected chi connectivity index (χ3v) is 15.0. The molecule has 0 unspecified atom stereocenters. The highest BCUT2D eigenvalue weighted by Crippen LogP contribution is 2.43. The molecular weight excluding hydrogens is 625 g/mol. The van der Waals surface area contributed by atoms with Crippen LogP contribution in [0.1, 0.15) is 114 Å². The Morgan fingerprint density at radius 1 is 0.833 bits per heavy atom. The first-order valence-electron chi connectivity index (χ1n) is 17.7. The van der Waals surface area contributed by atoms with Gasteiger partial charge in [-0.1, -0.05) is 103 Å². The summed E-state index contributed by atoms with van der Waals surface area (Å²) >= 11 is 0. The Labute approximate surface area is 292 Å². The van der Waals surface area contributed by atoms with Crippen LogP contribution in [-0.4, -0.2) is 68.3 Å². The lowest BCUT2D eigenvalue weighted by atomic mass is 9.95. The molecule has 0 heterocycles. The van der Waals surface area contributed by atoms with E-state index < -0.39 is 38.6 Å². The zero-order valence-electron chi connectivity index (χ0n) is 31.7. The molecule has 0 aliphatic carbocycles. The third-order valence-electron chi connectivity index (χ3n) is 8.88. The molecule has 0 bridgehead atoms. The van der Waals surface area contributed by atoms with E-state index in [0.717, 1.165) is 11.1 Å². The second-order valence-electron chi connectivity index (χ2n) is 13.7. The summed E-state index contributed by atoms with van der Waals surface area (Å²) in [7, 11) is -0.925. The number of Topliss-reactive ketones (excluding diaryl/α,β-unsaturated/α-hetero) is 1. The number of allylic oxidation sites excluding steroid dienone is 6. The molecule has 0 spiro atoms. The molecule has 48 heavy (non-hydrogen) atoms. The van der Waals surface area contributed by atoms with Gasteiger partial charge in [0.05, 0.1) is 25.9 Å². The van der Waals surface area contributed by atoms with Crippen LogP contribution in [0.3, 0.4) is 0 Å². The van der Waals surface area contributed by atoms with Gasteiger partial charge in [-0.15, -0.1) is 0 Å². The molecule has 0 aromatic rings. The van der Waals surface area contributed by atoms with E-state index in [1.165, 1.54) is 19.3 Å². The van der Waals surface area contributed by atoms with Crippen molar-refractivity contribution < 1.29 is 38.5 Å². The normalized spacial score (nSPS) is 16.0.